The van der Waals surface area contributed by atoms with Crippen LogP contribution >= 0.6 is 0 Å². The minimum atomic E-state index is -0.482. The lowest BCUT2D eigenvalue weighted by molar-refractivity contribution is 0.195. The Hall–Kier alpha value is -2.41. The maximum absolute atomic E-state index is 13.4. The summed E-state index contributed by atoms with van der Waals surface area (Å²) in [5.41, 5.74) is 0.619. The topological polar surface area (TPSA) is 45.4 Å². The Kier molecular flexibility index (Phi) is 4.64. The zero-order valence-corrected chi connectivity index (χ0v) is 9.19. The Morgan fingerprint density at radius 1 is 1.59 bits per heavy atom. The summed E-state index contributed by atoms with van der Waals surface area (Å²) in [6.45, 7) is 6.99. The Morgan fingerprint density at radius 2 is 2.35 bits per heavy atom. The molecule has 4 heteroatoms. The van der Waals surface area contributed by atoms with Crippen molar-refractivity contribution in [1.29, 1.82) is 5.26 Å². The van der Waals surface area contributed by atoms with E-state index in [1.54, 1.807) is 0 Å². The molecular weight excluding hydrogens is 219 g/mol. The molecule has 0 atom stereocenters. The van der Waals surface area contributed by atoms with Gasteiger partial charge in [0.15, 0.2) is 0 Å². The third-order valence-corrected chi connectivity index (χ3v) is 1.90. The molecule has 0 fully saturated rings. The van der Waals surface area contributed by atoms with Crippen molar-refractivity contribution in [3.63, 3.8) is 0 Å². The SMILES string of the molecule is C=C/C=N\C(=C)OCc1ccc(C#N)cc1F. The van der Waals surface area contributed by atoms with Gasteiger partial charge in [0.1, 0.15) is 12.4 Å². The number of benzene rings is 1. The lowest BCUT2D eigenvalue weighted by Crippen LogP contribution is -1.95. The third kappa shape index (κ3) is 3.92. The standard InChI is InChI=1S/C13H11FN2O/c1-3-6-16-10(2)17-9-12-5-4-11(8-15)7-13(12)14/h3-7H,1-2,9H2/b16-6-. The largest absolute Gasteiger partial charge is 0.473 e. The third-order valence-electron chi connectivity index (χ3n) is 1.90. The van der Waals surface area contributed by atoms with Crippen LogP contribution in [-0.2, 0) is 11.3 Å². The molecule has 0 spiro atoms. The van der Waals surface area contributed by atoms with E-state index in [1.165, 1.54) is 24.4 Å². The van der Waals surface area contributed by atoms with E-state index in [0.717, 1.165) is 6.07 Å². The normalized spacial score (nSPS) is 9.88. The van der Waals surface area contributed by atoms with Gasteiger partial charge < -0.3 is 4.74 Å². The van der Waals surface area contributed by atoms with E-state index in [4.69, 9.17) is 10.00 Å². The summed E-state index contributed by atoms with van der Waals surface area (Å²) in [6.07, 6.45) is 2.91. The molecule has 0 heterocycles. The predicted molar refractivity (Wildman–Crippen MR) is 63.7 cm³/mol. The molecule has 0 amide bonds. The van der Waals surface area contributed by atoms with Crippen molar-refractivity contribution in [3.8, 4) is 6.07 Å². The van der Waals surface area contributed by atoms with Gasteiger partial charge in [0.05, 0.1) is 11.6 Å². The molecule has 0 aliphatic rings. The van der Waals surface area contributed by atoms with E-state index in [9.17, 15) is 4.39 Å². The average Bonchev–Trinajstić information content (AvgIpc) is 2.34. The summed E-state index contributed by atoms with van der Waals surface area (Å²) in [6, 6.07) is 6.04. The van der Waals surface area contributed by atoms with Crippen LogP contribution in [0.25, 0.3) is 0 Å². The molecule has 0 saturated heterocycles. The minimum absolute atomic E-state index is 0.0187. The predicted octanol–water partition coefficient (Wildman–Crippen LogP) is 2.94. The highest BCUT2D eigenvalue weighted by Gasteiger charge is 2.04. The molecule has 0 N–H and O–H groups in total. The number of rotatable bonds is 5. The Bertz CT molecular complexity index is 501. The molecular formula is C13H11FN2O. The first kappa shape index (κ1) is 12.7. The van der Waals surface area contributed by atoms with Gasteiger partial charge >= 0.3 is 0 Å². The molecule has 0 bridgehead atoms. The summed E-state index contributed by atoms with van der Waals surface area (Å²) in [5, 5.41) is 8.58. The van der Waals surface area contributed by atoms with Gasteiger partial charge in [-0.2, -0.15) is 5.26 Å². The second kappa shape index (κ2) is 6.23. The van der Waals surface area contributed by atoms with Gasteiger partial charge in [0.2, 0.25) is 5.88 Å². The number of allylic oxidation sites excluding steroid dienone is 1. The van der Waals surface area contributed by atoms with Crippen LogP contribution in [0.15, 0.2) is 48.3 Å². The molecule has 1 aromatic rings. The van der Waals surface area contributed by atoms with Crippen LogP contribution in [0.3, 0.4) is 0 Å². The number of hydrogen-bond acceptors (Lipinski definition) is 3. The monoisotopic (exact) mass is 230 g/mol. The fourth-order valence-electron chi connectivity index (χ4n) is 1.07. The first-order chi connectivity index (χ1) is 8.17. The van der Waals surface area contributed by atoms with E-state index < -0.39 is 5.82 Å². The van der Waals surface area contributed by atoms with Gasteiger partial charge in [-0.15, -0.1) is 0 Å². The second-order valence-corrected chi connectivity index (χ2v) is 3.11. The first-order valence-electron chi connectivity index (χ1n) is 4.82. The zero-order chi connectivity index (χ0) is 12.7. The molecule has 3 nitrogen and oxygen atoms in total. The van der Waals surface area contributed by atoms with Crippen molar-refractivity contribution in [1.82, 2.24) is 0 Å². The van der Waals surface area contributed by atoms with Crippen LogP contribution in [0.1, 0.15) is 11.1 Å². The molecule has 86 valence electrons. The summed E-state index contributed by atoms with van der Waals surface area (Å²) < 4.78 is 18.5. The van der Waals surface area contributed by atoms with E-state index in [1.807, 2.05) is 6.07 Å². The van der Waals surface area contributed by atoms with Crippen LogP contribution in [0.5, 0.6) is 0 Å². The summed E-state index contributed by atoms with van der Waals surface area (Å²) >= 11 is 0. The van der Waals surface area contributed by atoms with Gasteiger partial charge in [-0.1, -0.05) is 18.7 Å². The van der Waals surface area contributed by atoms with E-state index >= 15 is 0 Å². The van der Waals surface area contributed by atoms with Crippen molar-refractivity contribution in [2.45, 2.75) is 6.61 Å². The highest BCUT2D eigenvalue weighted by atomic mass is 19.1. The van der Waals surface area contributed by atoms with Crippen molar-refractivity contribution in [2.75, 3.05) is 0 Å². The summed E-state index contributed by atoms with van der Waals surface area (Å²) in [5.74, 6) is -0.307. The van der Waals surface area contributed by atoms with Crippen LogP contribution in [0, 0.1) is 17.1 Å². The van der Waals surface area contributed by atoms with E-state index in [0.29, 0.717) is 5.56 Å². The Morgan fingerprint density at radius 3 is 2.94 bits per heavy atom. The molecule has 17 heavy (non-hydrogen) atoms. The maximum atomic E-state index is 13.4. The highest BCUT2D eigenvalue weighted by molar-refractivity contribution is 5.70. The Balaban J connectivity index is 2.64. The molecule has 0 aromatic heterocycles. The second-order valence-electron chi connectivity index (χ2n) is 3.11. The number of halogens is 1. The Labute approximate surface area is 99.2 Å². The van der Waals surface area contributed by atoms with Crippen molar-refractivity contribution in [3.05, 3.63) is 60.3 Å². The van der Waals surface area contributed by atoms with Crippen LogP contribution < -0.4 is 0 Å². The molecule has 0 aliphatic carbocycles. The fourth-order valence-corrected chi connectivity index (χ4v) is 1.07. The summed E-state index contributed by atoms with van der Waals surface area (Å²) in [7, 11) is 0. The minimum Gasteiger partial charge on any atom is -0.473 e. The van der Waals surface area contributed by atoms with Crippen molar-refractivity contribution < 1.29 is 9.13 Å². The van der Waals surface area contributed by atoms with Gasteiger partial charge in [-0.05, 0) is 18.7 Å². The maximum Gasteiger partial charge on any atom is 0.206 e. The molecule has 0 unspecified atom stereocenters. The van der Waals surface area contributed by atoms with E-state index in [2.05, 4.69) is 18.2 Å². The number of nitriles is 1. The fraction of sp³-hybridized carbons (Fsp3) is 0.0769. The lowest BCUT2D eigenvalue weighted by Gasteiger charge is -2.05. The van der Waals surface area contributed by atoms with Crippen molar-refractivity contribution in [2.24, 2.45) is 4.99 Å². The summed E-state index contributed by atoms with van der Waals surface area (Å²) in [4.78, 5) is 3.79. The number of hydrogen-bond donors (Lipinski definition) is 0. The van der Waals surface area contributed by atoms with Gasteiger partial charge in [-0.25, -0.2) is 9.38 Å². The number of aliphatic imine (C=N–C) groups is 1. The van der Waals surface area contributed by atoms with Gasteiger partial charge in [0, 0.05) is 11.8 Å². The van der Waals surface area contributed by atoms with Crippen LogP contribution in [0.4, 0.5) is 4.39 Å². The van der Waals surface area contributed by atoms with E-state index in [-0.39, 0.29) is 18.1 Å². The average molecular weight is 230 g/mol. The quantitative estimate of drug-likeness (QED) is 0.576. The number of nitrogens with zero attached hydrogens (tertiary/aromatic N) is 2. The molecule has 0 saturated carbocycles. The highest BCUT2D eigenvalue weighted by Crippen LogP contribution is 2.12. The molecule has 0 aliphatic heterocycles. The molecule has 1 rings (SSSR count). The van der Waals surface area contributed by atoms with Crippen molar-refractivity contribution >= 4 is 6.21 Å². The lowest BCUT2D eigenvalue weighted by atomic mass is 10.1. The van der Waals surface area contributed by atoms with Crippen LogP contribution in [-0.4, -0.2) is 6.21 Å². The molecule has 1 aromatic carbocycles. The van der Waals surface area contributed by atoms with Gasteiger partial charge in [0.25, 0.3) is 0 Å². The zero-order valence-electron chi connectivity index (χ0n) is 9.19. The number of ether oxygens (including phenoxy) is 1. The molecule has 0 radical (unpaired) electrons. The van der Waals surface area contributed by atoms with Gasteiger partial charge in [-0.3, -0.25) is 0 Å². The first-order valence-corrected chi connectivity index (χ1v) is 4.82. The smallest absolute Gasteiger partial charge is 0.206 e. The van der Waals surface area contributed by atoms with Crippen LogP contribution in [0.2, 0.25) is 0 Å².